The summed E-state index contributed by atoms with van der Waals surface area (Å²) in [6.45, 7) is 7.52. The molecule has 5 nitrogen and oxygen atoms in total. The zero-order valence-electron chi connectivity index (χ0n) is 11.5. The summed E-state index contributed by atoms with van der Waals surface area (Å²) in [7, 11) is 3.73. The van der Waals surface area contributed by atoms with Gasteiger partial charge >= 0.3 is 5.97 Å². The Morgan fingerprint density at radius 3 is 2.59 bits per heavy atom. The Kier molecular flexibility index (Phi) is 10.1. The second-order valence-corrected chi connectivity index (χ2v) is 3.96. The van der Waals surface area contributed by atoms with Crippen molar-refractivity contribution < 1.29 is 14.3 Å². The van der Waals surface area contributed by atoms with Crippen molar-refractivity contribution >= 4 is 5.97 Å². The maximum absolute atomic E-state index is 11.5. The van der Waals surface area contributed by atoms with E-state index in [1.165, 1.54) is 0 Å². The third kappa shape index (κ3) is 8.12. The molecule has 0 amide bonds. The number of hydrogen-bond acceptors (Lipinski definition) is 5. The second kappa shape index (κ2) is 10.5. The van der Waals surface area contributed by atoms with Gasteiger partial charge in [0, 0.05) is 26.7 Å². The molecule has 0 aliphatic carbocycles. The second-order valence-electron chi connectivity index (χ2n) is 3.96. The Hall–Kier alpha value is -0.650. The standard InChI is InChI=1S/C12H26N2O3/c1-5-11(12(15)17-6-2)13-7-8-14(3)9-10-16-4/h11,13H,5-10H2,1-4H3. The van der Waals surface area contributed by atoms with E-state index in [-0.39, 0.29) is 12.0 Å². The maximum Gasteiger partial charge on any atom is 0.323 e. The number of nitrogens with zero attached hydrogens (tertiary/aromatic N) is 1. The van der Waals surface area contributed by atoms with Gasteiger partial charge in [-0.25, -0.2) is 0 Å². The van der Waals surface area contributed by atoms with Crippen LogP contribution in [0.1, 0.15) is 20.3 Å². The average molecular weight is 246 g/mol. The third-order valence-corrected chi connectivity index (χ3v) is 2.54. The summed E-state index contributed by atoms with van der Waals surface area (Å²) in [5, 5.41) is 3.20. The van der Waals surface area contributed by atoms with Gasteiger partial charge in [-0.05, 0) is 20.4 Å². The molecule has 1 atom stereocenters. The van der Waals surface area contributed by atoms with E-state index in [0.717, 1.165) is 32.7 Å². The highest BCUT2D eigenvalue weighted by molar-refractivity contribution is 5.75. The molecule has 102 valence electrons. The molecule has 5 heteroatoms. The molecule has 0 bridgehead atoms. The number of ether oxygens (including phenoxy) is 2. The fourth-order valence-electron chi connectivity index (χ4n) is 1.43. The molecule has 0 radical (unpaired) electrons. The van der Waals surface area contributed by atoms with Crippen molar-refractivity contribution in [2.75, 3.05) is 47.0 Å². The quantitative estimate of drug-likeness (QED) is 0.569. The minimum Gasteiger partial charge on any atom is -0.465 e. The first-order chi connectivity index (χ1) is 8.15. The van der Waals surface area contributed by atoms with Gasteiger partial charge in [0.1, 0.15) is 6.04 Å². The van der Waals surface area contributed by atoms with E-state index in [9.17, 15) is 4.79 Å². The summed E-state index contributed by atoms with van der Waals surface area (Å²) in [6.07, 6.45) is 0.751. The van der Waals surface area contributed by atoms with Crippen molar-refractivity contribution in [3.8, 4) is 0 Å². The van der Waals surface area contributed by atoms with Gasteiger partial charge in [-0.2, -0.15) is 0 Å². The number of likely N-dealkylation sites (N-methyl/N-ethyl adjacent to an activating group) is 1. The lowest BCUT2D eigenvalue weighted by molar-refractivity contribution is -0.145. The van der Waals surface area contributed by atoms with Crippen LogP contribution in [0.15, 0.2) is 0 Å². The molecule has 0 aliphatic heterocycles. The van der Waals surface area contributed by atoms with E-state index in [0.29, 0.717) is 6.61 Å². The van der Waals surface area contributed by atoms with Gasteiger partial charge in [0.25, 0.3) is 0 Å². The lowest BCUT2D eigenvalue weighted by Gasteiger charge is -2.19. The molecule has 0 saturated carbocycles. The van der Waals surface area contributed by atoms with Gasteiger partial charge in [0.05, 0.1) is 13.2 Å². The van der Waals surface area contributed by atoms with E-state index >= 15 is 0 Å². The summed E-state index contributed by atoms with van der Waals surface area (Å²) < 4.78 is 9.98. The minimum atomic E-state index is -0.189. The number of esters is 1. The fraction of sp³-hybridized carbons (Fsp3) is 0.917. The summed E-state index contributed by atoms with van der Waals surface area (Å²) >= 11 is 0. The Labute approximate surface area is 104 Å². The van der Waals surface area contributed by atoms with Crippen LogP contribution in [0.3, 0.4) is 0 Å². The first-order valence-corrected chi connectivity index (χ1v) is 6.23. The van der Waals surface area contributed by atoms with Gasteiger partial charge in [-0.1, -0.05) is 6.92 Å². The molecule has 1 unspecified atom stereocenters. The minimum absolute atomic E-state index is 0.158. The average Bonchev–Trinajstić information content (AvgIpc) is 2.32. The number of nitrogens with one attached hydrogen (secondary N) is 1. The van der Waals surface area contributed by atoms with Gasteiger partial charge in [-0.3, -0.25) is 4.79 Å². The van der Waals surface area contributed by atoms with Crippen LogP contribution in [0.25, 0.3) is 0 Å². The van der Waals surface area contributed by atoms with Crippen LogP contribution in [0, 0.1) is 0 Å². The Morgan fingerprint density at radius 1 is 1.35 bits per heavy atom. The predicted molar refractivity (Wildman–Crippen MR) is 68.1 cm³/mol. The molecule has 0 aliphatic rings. The first kappa shape index (κ1) is 16.4. The lowest BCUT2D eigenvalue weighted by atomic mass is 10.2. The smallest absolute Gasteiger partial charge is 0.323 e. The van der Waals surface area contributed by atoms with E-state index in [1.54, 1.807) is 7.11 Å². The van der Waals surface area contributed by atoms with Crippen LogP contribution in [0.2, 0.25) is 0 Å². The van der Waals surface area contributed by atoms with Gasteiger partial charge in [-0.15, -0.1) is 0 Å². The summed E-state index contributed by atoms with van der Waals surface area (Å²) in [4.78, 5) is 13.7. The number of hydrogen-bond donors (Lipinski definition) is 1. The zero-order valence-corrected chi connectivity index (χ0v) is 11.5. The van der Waals surface area contributed by atoms with E-state index in [1.807, 2.05) is 20.9 Å². The molecule has 0 heterocycles. The van der Waals surface area contributed by atoms with Crippen molar-refractivity contribution in [3.63, 3.8) is 0 Å². The number of methoxy groups -OCH3 is 1. The van der Waals surface area contributed by atoms with Crippen molar-refractivity contribution in [1.82, 2.24) is 10.2 Å². The highest BCUT2D eigenvalue weighted by Crippen LogP contribution is 1.94. The fourth-order valence-corrected chi connectivity index (χ4v) is 1.43. The van der Waals surface area contributed by atoms with Crippen molar-refractivity contribution in [3.05, 3.63) is 0 Å². The van der Waals surface area contributed by atoms with Crippen LogP contribution in [-0.4, -0.2) is 63.9 Å². The van der Waals surface area contributed by atoms with E-state index in [2.05, 4.69) is 10.2 Å². The molecule has 0 aromatic carbocycles. The van der Waals surface area contributed by atoms with Crippen molar-refractivity contribution in [2.45, 2.75) is 26.3 Å². The summed E-state index contributed by atoms with van der Waals surface area (Å²) in [6, 6.07) is -0.189. The largest absolute Gasteiger partial charge is 0.465 e. The molecule has 0 fully saturated rings. The Balaban J connectivity index is 3.72. The summed E-state index contributed by atoms with van der Waals surface area (Å²) in [5.74, 6) is -0.158. The number of carbonyl (C=O) groups excluding carboxylic acids is 1. The van der Waals surface area contributed by atoms with E-state index in [4.69, 9.17) is 9.47 Å². The van der Waals surface area contributed by atoms with Crippen LogP contribution < -0.4 is 5.32 Å². The van der Waals surface area contributed by atoms with Crippen LogP contribution >= 0.6 is 0 Å². The highest BCUT2D eigenvalue weighted by Gasteiger charge is 2.16. The molecule has 0 aromatic rings. The Bertz CT molecular complexity index is 200. The molecule has 0 spiro atoms. The molecule has 1 N–H and O–H groups in total. The number of carbonyl (C=O) groups is 1. The summed E-state index contributed by atoms with van der Waals surface area (Å²) in [5.41, 5.74) is 0. The molecule has 17 heavy (non-hydrogen) atoms. The molecule has 0 aromatic heterocycles. The molecule has 0 rings (SSSR count). The first-order valence-electron chi connectivity index (χ1n) is 6.23. The predicted octanol–water partition coefficient (Wildman–Crippen LogP) is 0.496. The molecule has 0 saturated heterocycles. The number of rotatable bonds is 10. The third-order valence-electron chi connectivity index (χ3n) is 2.54. The van der Waals surface area contributed by atoms with Crippen LogP contribution in [-0.2, 0) is 14.3 Å². The van der Waals surface area contributed by atoms with Crippen molar-refractivity contribution in [2.24, 2.45) is 0 Å². The SMILES string of the molecule is CCOC(=O)C(CC)NCCN(C)CCOC. The normalized spacial score (nSPS) is 12.8. The monoisotopic (exact) mass is 246 g/mol. The van der Waals surface area contributed by atoms with Crippen LogP contribution in [0.4, 0.5) is 0 Å². The van der Waals surface area contributed by atoms with Gasteiger partial charge < -0.3 is 19.7 Å². The van der Waals surface area contributed by atoms with Gasteiger partial charge in [0.2, 0.25) is 0 Å². The van der Waals surface area contributed by atoms with Crippen LogP contribution in [0.5, 0.6) is 0 Å². The lowest BCUT2D eigenvalue weighted by Crippen LogP contribution is -2.41. The maximum atomic E-state index is 11.5. The Morgan fingerprint density at radius 2 is 2.06 bits per heavy atom. The van der Waals surface area contributed by atoms with Crippen molar-refractivity contribution in [1.29, 1.82) is 0 Å². The highest BCUT2D eigenvalue weighted by atomic mass is 16.5. The topological polar surface area (TPSA) is 50.8 Å². The zero-order chi connectivity index (χ0) is 13.1. The molecular weight excluding hydrogens is 220 g/mol. The van der Waals surface area contributed by atoms with Gasteiger partial charge in [0.15, 0.2) is 0 Å². The van der Waals surface area contributed by atoms with E-state index < -0.39 is 0 Å². The molecular formula is C12H26N2O3.